The average Bonchev–Trinajstić information content (AvgIpc) is 2.88. The lowest BCUT2D eigenvalue weighted by molar-refractivity contribution is 0.415. The number of hydrogen-bond acceptors (Lipinski definition) is 6. The summed E-state index contributed by atoms with van der Waals surface area (Å²) >= 11 is 6.55. The van der Waals surface area contributed by atoms with Crippen molar-refractivity contribution in [3.05, 3.63) is 64.1 Å². The van der Waals surface area contributed by atoms with Crippen LogP contribution >= 0.6 is 23.6 Å². The molecule has 0 bridgehead atoms. The summed E-state index contributed by atoms with van der Waals surface area (Å²) in [4.78, 5) is 0. The molecule has 0 aliphatic rings. The first kappa shape index (κ1) is 16.4. The number of aromatic nitrogens is 1. The van der Waals surface area contributed by atoms with E-state index >= 15 is 0 Å². The van der Waals surface area contributed by atoms with Gasteiger partial charge in [0.05, 0.1) is 13.7 Å². The number of aromatic hydroxyl groups is 1. The third kappa shape index (κ3) is 3.52. The van der Waals surface area contributed by atoms with Gasteiger partial charge in [-0.3, -0.25) is 4.57 Å². The molecular formula is C17H15N3O2S2. The molecule has 1 heterocycles. The summed E-state index contributed by atoms with van der Waals surface area (Å²) in [6, 6.07) is 17.1. The SMILES string of the molecule is COc1ccccc1N=Nc1sc(=S)n(Cc2ccccc2)c1O. The third-order valence-corrected chi connectivity index (χ3v) is 4.69. The Balaban J connectivity index is 1.89. The number of nitrogens with zero attached hydrogens (tertiary/aromatic N) is 3. The maximum Gasteiger partial charge on any atom is 0.232 e. The predicted molar refractivity (Wildman–Crippen MR) is 97.5 cm³/mol. The van der Waals surface area contributed by atoms with Gasteiger partial charge >= 0.3 is 0 Å². The molecular weight excluding hydrogens is 342 g/mol. The van der Waals surface area contributed by atoms with Gasteiger partial charge in [0.25, 0.3) is 0 Å². The van der Waals surface area contributed by atoms with Crippen molar-refractivity contribution in [3.63, 3.8) is 0 Å². The number of azo groups is 1. The lowest BCUT2D eigenvalue weighted by Gasteiger charge is -2.04. The van der Waals surface area contributed by atoms with Crippen molar-refractivity contribution in [2.45, 2.75) is 6.54 Å². The summed E-state index contributed by atoms with van der Waals surface area (Å²) in [6.07, 6.45) is 0. The van der Waals surface area contributed by atoms with Crippen LogP contribution in [-0.4, -0.2) is 16.8 Å². The first-order chi connectivity index (χ1) is 11.7. The van der Waals surface area contributed by atoms with Gasteiger partial charge in [-0.2, -0.15) is 0 Å². The Kier molecular flexibility index (Phi) is 5.02. The molecule has 1 N–H and O–H groups in total. The summed E-state index contributed by atoms with van der Waals surface area (Å²) in [7, 11) is 1.58. The smallest absolute Gasteiger partial charge is 0.232 e. The molecule has 0 spiro atoms. The molecule has 0 fully saturated rings. The molecule has 122 valence electrons. The molecule has 7 heteroatoms. The van der Waals surface area contributed by atoms with Gasteiger partial charge in [-0.1, -0.05) is 53.8 Å². The quantitative estimate of drug-likeness (QED) is 0.487. The van der Waals surface area contributed by atoms with Crippen LogP contribution in [0.2, 0.25) is 0 Å². The van der Waals surface area contributed by atoms with Gasteiger partial charge in [0, 0.05) is 0 Å². The highest BCUT2D eigenvalue weighted by Crippen LogP contribution is 2.37. The molecule has 0 radical (unpaired) electrons. The maximum atomic E-state index is 10.4. The van der Waals surface area contributed by atoms with E-state index in [4.69, 9.17) is 17.0 Å². The minimum Gasteiger partial charge on any atom is -0.494 e. The lowest BCUT2D eigenvalue weighted by atomic mass is 10.2. The van der Waals surface area contributed by atoms with Crippen LogP contribution in [0.15, 0.2) is 64.8 Å². The van der Waals surface area contributed by atoms with Crippen LogP contribution in [0, 0.1) is 3.95 Å². The van der Waals surface area contributed by atoms with Crippen LogP contribution in [0.3, 0.4) is 0 Å². The summed E-state index contributed by atoms with van der Waals surface area (Å²) in [5.74, 6) is 0.639. The number of methoxy groups -OCH3 is 1. The van der Waals surface area contributed by atoms with E-state index in [2.05, 4.69) is 10.2 Å². The van der Waals surface area contributed by atoms with Gasteiger partial charge in [0.15, 0.2) is 3.95 Å². The van der Waals surface area contributed by atoms with Crippen molar-refractivity contribution in [2.75, 3.05) is 7.11 Å². The number of hydrogen-bond donors (Lipinski definition) is 1. The zero-order valence-electron chi connectivity index (χ0n) is 12.9. The molecule has 0 atom stereocenters. The van der Waals surface area contributed by atoms with Crippen molar-refractivity contribution in [2.24, 2.45) is 10.2 Å². The normalized spacial score (nSPS) is 11.0. The first-order valence-electron chi connectivity index (χ1n) is 7.20. The largest absolute Gasteiger partial charge is 0.494 e. The molecule has 5 nitrogen and oxygen atoms in total. The second kappa shape index (κ2) is 7.37. The van der Waals surface area contributed by atoms with E-state index in [-0.39, 0.29) is 5.88 Å². The van der Waals surface area contributed by atoms with Crippen molar-refractivity contribution in [1.82, 2.24) is 4.57 Å². The van der Waals surface area contributed by atoms with Crippen molar-refractivity contribution >= 4 is 34.2 Å². The Bertz CT molecular complexity index is 917. The first-order valence-corrected chi connectivity index (χ1v) is 8.43. The van der Waals surface area contributed by atoms with Crippen LogP contribution in [0.5, 0.6) is 11.6 Å². The maximum absolute atomic E-state index is 10.4. The molecule has 24 heavy (non-hydrogen) atoms. The van der Waals surface area contributed by atoms with Crippen LogP contribution in [0.4, 0.5) is 10.7 Å². The second-order valence-corrected chi connectivity index (χ2v) is 6.56. The molecule has 2 aromatic carbocycles. The van der Waals surface area contributed by atoms with E-state index < -0.39 is 0 Å². The molecule has 0 saturated carbocycles. The summed E-state index contributed by atoms with van der Waals surface area (Å²) < 4.78 is 7.42. The highest BCUT2D eigenvalue weighted by molar-refractivity contribution is 7.73. The fourth-order valence-electron chi connectivity index (χ4n) is 2.17. The number of para-hydroxylation sites is 1. The monoisotopic (exact) mass is 357 g/mol. The van der Waals surface area contributed by atoms with Crippen molar-refractivity contribution in [1.29, 1.82) is 0 Å². The molecule has 0 unspecified atom stereocenters. The van der Waals surface area contributed by atoms with Crippen LogP contribution in [-0.2, 0) is 6.54 Å². The van der Waals surface area contributed by atoms with E-state index in [0.717, 1.165) is 5.56 Å². The number of benzene rings is 2. The minimum absolute atomic E-state index is 0.0208. The number of rotatable bonds is 5. The standard InChI is InChI=1S/C17H15N3O2S2/c1-22-14-10-6-5-9-13(14)18-19-15-16(21)20(17(23)24-15)11-12-7-3-2-4-8-12/h2-10,21H,11H2,1H3. The van der Waals surface area contributed by atoms with E-state index in [1.807, 2.05) is 42.5 Å². The Morgan fingerprint density at radius 2 is 1.79 bits per heavy atom. The Morgan fingerprint density at radius 1 is 1.08 bits per heavy atom. The summed E-state index contributed by atoms with van der Waals surface area (Å²) in [5, 5.41) is 19.1. The van der Waals surface area contributed by atoms with Gasteiger partial charge in [0.2, 0.25) is 10.9 Å². The van der Waals surface area contributed by atoms with Crippen LogP contribution in [0.25, 0.3) is 0 Å². The molecule has 3 rings (SSSR count). The van der Waals surface area contributed by atoms with E-state index in [9.17, 15) is 5.11 Å². The number of thiazole rings is 1. The fraction of sp³-hybridized carbons (Fsp3) is 0.118. The fourth-order valence-corrected chi connectivity index (χ4v) is 3.27. The summed E-state index contributed by atoms with van der Waals surface area (Å²) in [6.45, 7) is 0.492. The van der Waals surface area contributed by atoms with E-state index in [1.165, 1.54) is 11.3 Å². The van der Waals surface area contributed by atoms with Crippen LogP contribution < -0.4 is 4.74 Å². The summed E-state index contributed by atoms with van der Waals surface area (Å²) in [5.41, 5.74) is 1.64. The average molecular weight is 357 g/mol. The zero-order chi connectivity index (χ0) is 16.9. The van der Waals surface area contributed by atoms with E-state index in [1.54, 1.807) is 23.8 Å². The third-order valence-electron chi connectivity index (χ3n) is 3.37. The Morgan fingerprint density at radius 3 is 2.54 bits per heavy atom. The lowest BCUT2D eigenvalue weighted by Crippen LogP contribution is -1.98. The van der Waals surface area contributed by atoms with Gasteiger partial charge in [-0.15, -0.1) is 10.2 Å². The minimum atomic E-state index is 0.0208. The van der Waals surface area contributed by atoms with Gasteiger partial charge in [-0.25, -0.2) is 0 Å². The Hall–Kier alpha value is -2.51. The Labute approximate surface area is 148 Å². The highest BCUT2D eigenvalue weighted by Gasteiger charge is 2.12. The molecule has 0 aliphatic heterocycles. The zero-order valence-corrected chi connectivity index (χ0v) is 14.5. The van der Waals surface area contributed by atoms with Crippen molar-refractivity contribution < 1.29 is 9.84 Å². The molecule has 0 saturated heterocycles. The van der Waals surface area contributed by atoms with Crippen molar-refractivity contribution in [3.8, 4) is 11.6 Å². The van der Waals surface area contributed by atoms with Gasteiger partial charge in [-0.05, 0) is 29.9 Å². The van der Waals surface area contributed by atoms with Gasteiger partial charge in [0.1, 0.15) is 11.4 Å². The van der Waals surface area contributed by atoms with Gasteiger partial charge < -0.3 is 9.84 Å². The molecule has 0 amide bonds. The van der Waals surface area contributed by atoms with Crippen LogP contribution in [0.1, 0.15) is 5.56 Å². The molecule has 0 aliphatic carbocycles. The van der Waals surface area contributed by atoms with E-state index in [0.29, 0.717) is 26.9 Å². The molecule has 1 aromatic heterocycles. The highest BCUT2D eigenvalue weighted by atomic mass is 32.1. The number of ether oxygens (including phenoxy) is 1. The second-order valence-electron chi connectivity index (χ2n) is 4.94. The topological polar surface area (TPSA) is 59.1 Å². The molecule has 3 aromatic rings. The predicted octanol–water partition coefficient (Wildman–Crippen LogP) is 5.46.